The van der Waals surface area contributed by atoms with Crippen LogP contribution in [0.4, 0.5) is 0 Å². The molecule has 0 aliphatic heterocycles. The molecule has 2 aromatic rings. The molecule has 15 heavy (non-hydrogen) atoms. The maximum atomic E-state index is 5.76. The lowest BCUT2D eigenvalue weighted by Gasteiger charge is -1.99. The number of hydrogen-bond acceptors (Lipinski definition) is 1. The smallest absolute Gasteiger partial charge is 0.134 e. The molecule has 0 unspecified atom stereocenters. The van der Waals surface area contributed by atoms with Crippen LogP contribution in [0.25, 0.3) is 11.0 Å². The van der Waals surface area contributed by atoms with Crippen LogP contribution in [-0.4, -0.2) is 0 Å². The standard InChI is InChI=1S/C12H14O.C2H6/c1-8(2)12-9(3)10-6-4-5-7-11(10)13-12;1-2/h4-8H,1-3H3;1-2H3. The molecule has 0 spiro atoms. The molecule has 0 bridgehead atoms. The van der Waals surface area contributed by atoms with Gasteiger partial charge in [-0.3, -0.25) is 0 Å². The fourth-order valence-electron chi connectivity index (χ4n) is 1.74. The van der Waals surface area contributed by atoms with Gasteiger partial charge in [0.2, 0.25) is 0 Å². The summed E-state index contributed by atoms with van der Waals surface area (Å²) in [5, 5.41) is 1.24. The molecule has 1 heteroatoms. The van der Waals surface area contributed by atoms with E-state index >= 15 is 0 Å². The first-order valence-corrected chi connectivity index (χ1v) is 5.68. The second-order valence-corrected chi connectivity index (χ2v) is 3.74. The van der Waals surface area contributed by atoms with Gasteiger partial charge in [-0.15, -0.1) is 0 Å². The molecular weight excluding hydrogens is 184 g/mol. The van der Waals surface area contributed by atoms with Crippen molar-refractivity contribution in [1.29, 1.82) is 0 Å². The van der Waals surface area contributed by atoms with Crippen molar-refractivity contribution < 1.29 is 4.42 Å². The van der Waals surface area contributed by atoms with Crippen LogP contribution in [0.2, 0.25) is 0 Å². The van der Waals surface area contributed by atoms with Crippen LogP contribution in [0.5, 0.6) is 0 Å². The Morgan fingerprint density at radius 1 is 1.07 bits per heavy atom. The molecule has 0 saturated carbocycles. The number of para-hydroxylation sites is 1. The maximum absolute atomic E-state index is 5.76. The van der Waals surface area contributed by atoms with Crippen molar-refractivity contribution in [1.82, 2.24) is 0 Å². The van der Waals surface area contributed by atoms with Gasteiger partial charge < -0.3 is 4.42 Å². The van der Waals surface area contributed by atoms with Crippen LogP contribution in [-0.2, 0) is 0 Å². The average molecular weight is 204 g/mol. The molecule has 0 N–H and O–H groups in total. The summed E-state index contributed by atoms with van der Waals surface area (Å²) in [4.78, 5) is 0. The first-order chi connectivity index (χ1) is 7.20. The van der Waals surface area contributed by atoms with E-state index in [1.165, 1.54) is 10.9 Å². The predicted molar refractivity (Wildman–Crippen MR) is 66.4 cm³/mol. The predicted octanol–water partition coefficient (Wildman–Crippen LogP) is 4.89. The number of fused-ring (bicyclic) bond motifs is 1. The number of rotatable bonds is 1. The van der Waals surface area contributed by atoms with Gasteiger partial charge in [0.25, 0.3) is 0 Å². The van der Waals surface area contributed by atoms with Gasteiger partial charge in [0.05, 0.1) is 0 Å². The molecule has 1 aromatic carbocycles. The fraction of sp³-hybridized carbons (Fsp3) is 0.429. The van der Waals surface area contributed by atoms with Crippen LogP contribution in [0.3, 0.4) is 0 Å². The lowest BCUT2D eigenvalue weighted by Crippen LogP contribution is -1.85. The molecule has 82 valence electrons. The number of hydrogen-bond donors (Lipinski definition) is 0. The maximum Gasteiger partial charge on any atom is 0.134 e. The van der Waals surface area contributed by atoms with Gasteiger partial charge in [-0.1, -0.05) is 45.9 Å². The Bertz CT molecular complexity index is 424. The SMILES string of the molecule is CC.Cc1c(C(C)C)oc2ccccc12. The van der Waals surface area contributed by atoms with Crippen molar-refractivity contribution in [2.24, 2.45) is 0 Å². The summed E-state index contributed by atoms with van der Waals surface area (Å²) in [5.41, 5.74) is 2.29. The highest BCUT2D eigenvalue weighted by Gasteiger charge is 2.11. The molecule has 0 aliphatic rings. The summed E-state index contributed by atoms with van der Waals surface area (Å²) < 4.78 is 5.76. The molecule has 0 amide bonds. The highest BCUT2D eigenvalue weighted by atomic mass is 16.3. The summed E-state index contributed by atoms with van der Waals surface area (Å²) in [7, 11) is 0. The topological polar surface area (TPSA) is 13.1 Å². The highest BCUT2D eigenvalue weighted by molar-refractivity contribution is 5.82. The molecule has 0 atom stereocenters. The van der Waals surface area contributed by atoms with Gasteiger partial charge in [-0.2, -0.15) is 0 Å². The van der Waals surface area contributed by atoms with Crippen LogP contribution in [0, 0.1) is 6.92 Å². The van der Waals surface area contributed by atoms with Crippen molar-refractivity contribution in [3.05, 3.63) is 35.6 Å². The third-order valence-corrected chi connectivity index (χ3v) is 2.40. The monoisotopic (exact) mass is 204 g/mol. The van der Waals surface area contributed by atoms with Crippen molar-refractivity contribution in [3.63, 3.8) is 0 Å². The average Bonchev–Trinajstić information content (AvgIpc) is 2.60. The summed E-state index contributed by atoms with van der Waals surface area (Å²) in [6, 6.07) is 8.19. The lowest BCUT2D eigenvalue weighted by molar-refractivity contribution is 0.518. The van der Waals surface area contributed by atoms with Crippen LogP contribution >= 0.6 is 0 Å². The van der Waals surface area contributed by atoms with E-state index in [1.54, 1.807) is 0 Å². The molecule has 1 nitrogen and oxygen atoms in total. The van der Waals surface area contributed by atoms with Crippen LogP contribution < -0.4 is 0 Å². The largest absolute Gasteiger partial charge is 0.461 e. The first-order valence-electron chi connectivity index (χ1n) is 5.68. The molecule has 0 radical (unpaired) electrons. The van der Waals surface area contributed by atoms with E-state index in [-0.39, 0.29) is 0 Å². The molecule has 1 heterocycles. The summed E-state index contributed by atoms with van der Waals surface area (Å²) in [6.45, 7) is 10.4. The van der Waals surface area contributed by atoms with Gasteiger partial charge in [0.15, 0.2) is 0 Å². The summed E-state index contributed by atoms with van der Waals surface area (Å²) >= 11 is 0. The van der Waals surface area contributed by atoms with Gasteiger partial charge in [-0.05, 0) is 18.6 Å². The second-order valence-electron chi connectivity index (χ2n) is 3.74. The van der Waals surface area contributed by atoms with E-state index in [0.717, 1.165) is 11.3 Å². The molecular formula is C14H20O. The third kappa shape index (κ3) is 2.23. The van der Waals surface area contributed by atoms with E-state index in [0.29, 0.717) is 5.92 Å². The van der Waals surface area contributed by atoms with E-state index in [9.17, 15) is 0 Å². The fourth-order valence-corrected chi connectivity index (χ4v) is 1.74. The van der Waals surface area contributed by atoms with Crippen molar-refractivity contribution in [3.8, 4) is 0 Å². The van der Waals surface area contributed by atoms with E-state index in [2.05, 4.69) is 32.9 Å². The van der Waals surface area contributed by atoms with E-state index in [4.69, 9.17) is 4.42 Å². The minimum atomic E-state index is 0.465. The zero-order valence-electron chi connectivity index (χ0n) is 10.3. The van der Waals surface area contributed by atoms with E-state index < -0.39 is 0 Å². The quantitative estimate of drug-likeness (QED) is 0.644. The Kier molecular flexibility index (Phi) is 3.96. The van der Waals surface area contributed by atoms with Crippen LogP contribution in [0.15, 0.2) is 28.7 Å². The highest BCUT2D eigenvalue weighted by Crippen LogP contribution is 2.29. The zero-order chi connectivity index (χ0) is 11.4. The second kappa shape index (κ2) is 5.01. The first kappa shape index (κ1) is 11.8. The van der Waals surface area contributed by atoms with Gasteiger partial charge in [-0.25, -0.2) is 0 Å². The zero-order valence-corrected chi connectivity index (χ0v) is 10.3. The number of benzene rings is 1. The van der Waals surface area contributed by atoms with E-state index in [1.807, 2.05) is 26.0 Å². The number of furan rings is 1. The molecule has 0 fully saturated rings. The molecule has 0 aliphatic carbocycles. The number of aryl methyl sites for hydroxylation is 1. The van der Waals surface area contributed by atoms with Crippen molar-refractivity contribution in [2.45, 2.75) is 40.5 Å². The summed E-state index contributed by atoms with van der Waals surface area (Å²) in [6.07, 6.45) is 0. The van der Waals surface area contributed by atoms with Gasteiger partial charge in [0.1, 0.15) is 11.3 Å². The Hall–Kier alpha value is -1.24. The van der Waals surface area contributed by atoms with Gasteiger partial charge in [0, 0.05) is 11.3 Å². The normalized spacial score (nSPS) is 10.3. The van der Waals surface area contributed by atoms with Crippen molar-refractivity contribution in [2.75, 3.05) is 0 Å². The van der Waals surface area contributed by atoms with Crippen molar-refractivity contribution >= 4 is 11.0 Å². The molecule has 2 rings (SSSR count). The summed E-state index contributed by atoms with van der Waals surface area (Å²) in [5.74, 6) is 1.58. The Morgan fingerprint density at radius 3 is 2.20 bits per heavy atom. The Labute approximate surface area is 92.1 Å². The van der Waals surface area contributed by atoms with Crippen LogP contribution in [0.1, 0.15) is 44.9 Å². The Balaban J connectivity index is 0.000000531. The third-order valence-electron chi connectivity index (χ3n) is 2.40. The molecule has 1 aromatic heterocycles. The Morgan fingerprint density at radius 2 is 1.67 bits per heavy atom. The molecule has 0 saturated heterocycles. The lowest BCUT2D eigenvalue weighted by atomic mass is 10.1. The minimum Gasteiger partial charge on any atom is -0.461 e. The van der Waals surface area contributed by atoms with Gasteiger partial charge >= 0.3 is 0 Å². The minimum absolute atomic E-state index is 0.465.